The largest absolute Gasteiger partial charge is 0.314 e. The molecule has 1 unspecified atom stereocenters. The van der Waals surface area contributed by atoms with E-state index in [0.717, 1.165) is 11.8 Å². The summed E-state index contributed by atoms with van der Waals surface area (Å²) in [5.74, 6) is 1.92. The molecule has 2 nitrogen and oxygen atoms in total. The highest BCUT2D eigenvalue weighted by atomic mass is 15.2. The minimum Gasteiger partial charge on any atom is -0.314 e. The van der Waals surface area contributed by atoms with Gasteiger partial charge in [0.05, 0.1) is 0 Å². The van der Waals surface area contributed by atoms with Crippen molar-refractivity contribution in [3.63, 3.8) is 0 Å². The van der Waals surface area contributed by atoms with Gasteiger partial charge in [0.15, 0.2) is 0 Å². The van der Waals surface area contributed by atoms with Crippen LogP contribution in [0.3, 0.4) is 0 Å². The fourth-order valence-electron chi connectivity index (χ4n) is 3.38. The second kappa shape index (κ2) is 6.75. The van der Waals surface area contributed by atoms with E-state index in [-0.39, 0.29) is 0 Å². The average molecular weight is 238 g/mol. The Morgan fingerprint density at radius 3 is 2.53 bits per heavy atom. The average Bonchev–Trinajstić information content (AvgIpc) is 2.75. The fourth-order valence-corrected chi connectivity index (χ4v) is 3.38. The van der Waals surface area contributed by atoms with Gasteiger partial charge in [-0.15, -0.1) is 0 Å². The number of nitrogens with zero attached hydrogens (tertiary/aromatic N) is 1. The molecule has 1 saturated heterocycles. The summed E-state index contributed by atoms with van der Waals surface area (Å²) in [7, 11) is 0. The van der Waals surface area contributed by atoms with Crippen molar-refractivity contribution in [2.75, 3.05) is 26.2 Å². The van der Waals surface area contributed by atoms with Gasteiger partial charge in [0.25, 0.3) is 0 Å². The molecule has 2 rings (SSSR count). The predicted molar refractivity (Wildman–Crippen MR) is 74.3 cm³/mol. The van der Waals surface area contributed by atoms with Crippen molar-refractivity contribution in [2.24, 2.45) is 11.8 Å². The van der Waals surface area contributed by atoms with Crippen molar-refractivity contribution >= 4 is 0 Å². The van der Waals surface area contributed by atoms with E-state index >= 15 is 0 Å². The van der Waals surface area contributed by atoms with Gasteiger partial charge in [-0.3, -0.25) is 0 Å². The summed E-state index contributed by atoms with van der Waals surface area (Å²) in [6.45, 7) is 9.79. The van der Waals surface area contributed by atoms with Crippen molar-refractivity contribution < 1.29 is 0 Å². The van der Waals surface area contributed by atoms with Gasteiger partial charge in [-0.25, -0.2) is 0 Å². The quantitative estimate of drug-likeness (QED) is 0.792. The standard InChI is InChI=1S/C15H30N2/c1-13(2)16-10-15-8-9-17(12-15)11-14-6-4-3-5-7-14/h13-16H,3-12H2,1-2H3. The van der Waals surface area contributed by atoms with Crippen molar-refractivity contribution in [1.82, 2.24) is 10.2 Å². The van der Waals surface area contributed by atoms with Gasteiger partial charge in [0, 0.05) is 19.1 Å². The van der Waals surface area contributed by atoms with Gasteiger partial charge in [-0.1, -0.05) is 33.1 Å². The van der Waals surface area contributed by atoms with Crippen LogP contribution in [0.4, 0.5) is 0 Å². The zero-order valence-corrected chi connectivity index (χ0v) is 11.8. The van der Waals surface area contributed by atoms with E-state index in [0.29, 0.717) is 6.04 Å². The van der Waals surface area contributed by atoms with Crippen LogP contribution in [0.1, 0.15) is 52.4 Å². The van der Waals surface area contributed by atoms with Crippen LogP contribution in [0, 0.1) is 11.8 Å². The first-order valence-corrected chi connectivity index (χ1v) is 7.70. The molecule has 2 fully saturated rings. The Balaban J connectivity index is 1.63. The van der Waals surface area contributed by atoms with Gasteiger partial charge in [0.2, 0.25) is 0 Å². The fraction of sp³-hybridized carbons (Fsp3) is 1.00. The molecule has 1 aliphatic heterocycles. The maximum absolute atomic E-state index is 3.58. The molecule has 1 saturated carbocycles. The van der Waals surface area contributed by atoms with Crippen molar-refractivity contribution in [2.45, 2.75) is 58.4 Å². The lowest BCUT2D eigenvalue weighted by molar-refractivity contribution is 0.227. The van der Waals surface area contributed by atoms with E-state index in [1.807, 2.05) is 0 Å². The second-order valence-electron chi connectivity index (χ2n) is 6.48. The lowest BCUT2D eigenvalue weighted by Gasteiger charge is -2.26. The Labute approximate surface area is 107 Å². The monoisotopic (exact) mass is 238 g/mol. The number of rotatable bonds is 5. The van der Waals surface area contributed by atoms with Crippen LogP contribution in [0.2, 0.25) is 0 Å². The molecular weight excluding hydrogens is 208 g/mol. The summed E-state index contributed by atoms with van der Waals surface area (Å²) in [6, 6.07) is 0.641. The van der Waals surface area contributed by atoms with Crippen molar-refractivity contribution in [3.05, 3.63) is 0 Å². The van der Waals surface area contributed by atoms with Crippen LogP contribution < -0.4 is 5.32 Å². The Morgan fingerprint density at radius 2 is 1.82 bits per heavy atom. The summed E-state index contributed by atoms with van der Waals surface area (Å²) in [5, 5.41) is 3.58. The molecule has 2 aliphatic rings. The highest BCUT2D eigenvalue weighted by Gasteiger charge is 2.25. The maximum atomic E-state index is 3.58. The van der Waals surface area contributed by atoms with Crippen molar-refractivity contribution in [3.8, 4) is 0 Å². The third-order valence-corrected chi connectivity index (χ3v) is 4.43. The van der Waals surface area contributed by atoms with E-state index in [9.17, 15) is 0 Å². The Hall–Kier alpha value is -0.0800. The first-order valence-electron chi connectivity index (χ1n) is 7.70. The van der Waals surface area contributed by atoms with Crippen LogP contribution in [-0.2, 0) is 0 Å². The van der Waals surface area contributed by atoms with Crippen molar-refractivity contribution in [1.29, 1.82) is 0 Å². The van der Waals surface area contributed by atoms with Crippen LogP contribution in [-0.4, -0.2) is 37.1 Å². The first kappa shape index (κ1) is 13.4. The highest BCUT2D eigenvalue weighted by Crippen LogP contribution is 2.26. The number of hydrogen-bond donors (Lipinski definition) is 1. The number of likely N-dealkylation sites (tertiary alicyclic amines) is 1. The Morgan fingerprint density at radius 1 is 1.06 bits per heavy atom. The van der Waals surface area contributed by atoms with Crippen LogP contribution in [0.25, 0.3) is 0 Å². The van der Waals surface area contributed by atoms with Crippen LogP contribution >= 0.6 is 0 Å². The molecule has 0 spiro atoms. The molecule has 0 amide bonds. The van der Waals surface area contributed by atoms with Gasteiger partial charge in [-0.2, -0.15) is 0 Å². The van der Waals surface area contributed by atoms with Crippen LogP contribution in [0.15, 0.2) is 0 Å². The van der Waals surface area contributed by atoms with E-state index in [1.54, 1.807) is 0 Å². The molecule has 1 aliphatic carbocycles. The molecule has 1 N–H and O–H groups in total. The van der Waals surface area contributed by atoms with Gasteiger partial charge < -0.3 is 10.2 Å². The first-order chi connectivity index (χ1) is 8.24. The predicted octanol–water partition coefficient (Wildman–Crippen LogP) is 2.89. The third-order valence-electron chi connectivity index (χ3n) is 4.43. The highest BCUT2D eigenvalue weighted by molar-refractivity contribution is 4.80. The molecule has 17 heavy (non-hydrogen) atoms. The third kappa shape index (κ3) is 4.59. The normalized spacial score (nSPS) is 28.1. The molecular formula is C15H30N2. The number of hydrogen-bond acceptors (Lipinski definition) is 2. The molecule has 1 atom stereocenters. The molecule has 0 aromatic heterocycles. The summed E-state index contributed by atoms with van der Waals surface area (Å²) in [4.78, 5) is 2.72. The summed E-state index contributed by atoms with van der Waals surface area (Å²) >= 11 is 0. The summed E-state index contributed by atoms with van der Waals surface area (Å²) in [6.07, 6.45) is 8.84. The zero-order valence-electron chi connectivity index (χ0n) is 11.8. The van der Waals surface area contributed by atoms with E-state index in [1.165, 1.54) is 64.7 Å². The molecule has 0 radical (unpaired) electrons. The van der Waals surface area contributed by atoms with E-state index in [2.05, 4.69) is 24.1 Å². The molecule has 0 aromatic rings. The maximum Gasteiger partial charge on any atom is 0.00224 e. The SMILES string of the molecule is CC(C)NCC1CCN(CC2CCCCC2)C1. The zero-order chi connectivity index (χ0) is 12.1. The van der Waals surface area contributed by atoms with Gasteiger partial charge in [-0.05, 0) is 44.2 Å². The Kier molecular flexibility index (Phi) is 5.30. The molecule has 0 aromatic carbocycles. The minimum atomic E-state index is 0.641. The molecule has 100 valence electrons. The lowest BCUT2D eigenvalue weighted by Crippen LogP contribution is -2.32. The van der Waals surface area contributed by atoms with E-state index in [4.69, 9.17) is 0 Å². The molecule has 1 heterocycles. The van der Waals surface area contributed by atoms with Gasteiger partial charge in [0.1, 0.15) is 0 Å². The smallest absolute Gasteiger partial charge is 0.00224 e. The van der Waals surface area contributed by atoms with Gasteiger partial charge >= 0.3 is 0 Å². The van der Waals surface area contributed by atoms with Crippen LogP contribution in [0.5, 0.6) is 0 Å². The molecule has 2 heteroatoms. The second-order valence-corrected chi connectivity index (χ2v) is 6.48. The lowest BCUT2D eigenvalue weighted by atomic mass is 9.89. The number of nitrogens with one attached hydrogen (secondary N) is 1. The topological polar surface area (TPSA) is 15.3 Å². The molecule has 0 bridgehead atoms. The van der Waals surface area contributed by atoms with E-state index < -0.39 is 0 Å². The summed E-state index contributed by atoms with van der Waals surface area (Å²) < 4.78 is 0. The minimum absolute atomic E-state index is 0.641. The Bertz CT molecular complexity index is 209. The summed E-state index contributed by atoms with van der Waals surface area (Å²) in [5.41, 5.74) is 0.